The van der Waals surface area contributed by atoms with E-state index < -0.39 is 0 Å². The zero-order valence-corrected chi connectivity index (χ0v) is 22.1. The van der Waals surface area contributed by atoms with Gasteiger partial charge in [0.15, 0.2) is 34.0 Å². The van der Waals surface area contributed by atoms with Crippen LogP contribution in [-0.4, -0.2) is 56.4 Å². The van der Waals surface area contributed by atoms with Gasteiger partial charge >= 0.3 is 6.03 Å². The molecule has 4 heterocycles. The first kappa shape index (κ1) is 24.0. The van der Waals surface area contributed by atoms with E-state index in [9.17, 15) is 4.79 Å². The minimum Gasteiger partial charge on any atom is -0.454 e. The van der Waals surface area contributed by atoms with E-state index in [1.807, 2.05) is 35.4 Å². The molecule has 4 aliphatic heterocycles. The fourth-order valence-corrected chi connectivity index (χ4v) is 5.72. The molecule has 1 unspecified atom stereocenters. The van der Waals surface area contributed by atoms with Crippen LogP contribution in [0.3, 0.4) is 0 Å². The Morgan fingerprint density at radius 3 is 2.91 bits per heavy atom. The minimum absolute atomic E-state index is 0.0205. The molecule has 0 aliphatic carbocycles. The van der Waals surface area contributed by atoms with E-state index in [1.165, 1.54) is 11.8 Å². The number of amides is 2. The number of hydrogen-bond acceptors (Lipinski definition) is 8. The number of nitrogens with two attached hydrogens (primary N) is 1. The lowest BCUT2D eigenvalue weighted by Gasteiger charge is -2.33. The number of carbonyl (C=O) groups is 1. The van der Waals surface area contributed by atoms with Crippen molar-refractivity contribution in [1.29, 1.82) is 0 Å². The van der Waals surface area contributed by atoms with E-state index >= 15 is 0 Å². The molecule has 5 rings (SSSR count). The molecular weight excluding hydrogens is 534 g/mol. The number of carbonyl (C=O) groups excluding carboxylic acids is 1. The van der Waals surface area contributed by atoms with Gasteiger partial charge in [-0.05, 0) is 78.9 Å². The Balaban J connectivity index is 1.29. The van der Waals surface area contributed by atoms with Crippen LogP contribution in [-0.2, 0) is 6.54 Å². The molecule has 1 fully saturated rings. The summed E-state index contributed by atoms with van der Waals surface area (Å²) in [5.41, 5.74) is 6.72. The summed E-state index contributed by atoms with van der Waals surface area (Å²) in [5.74, 6) is 2.90. The Hall–Kier alpha value is -2.73. The predicted molar refractivity (Wildman–Crippen MR) is 136 cm³/mol. The number of halogens is 1. The number of anilines is 1. The molecule has 12 heteroatoms. The molecule has 35 heavy (non-hydrogen) atoms. The topological polar surface area (TPSA) is 120 Å². The van der Waals surface area contributed by atoms with Gasteiger partial charge in [0.2, 0.25) is 6.79 Å². The van der Waals surface area contributed by atoms with E-state index in [0.717, 1.165) is 48.3 Å². The number of nitrogens with one attached hydrogen (secondary N) is 1. The van der Waals surface area contributed by atoms with Crippen molar-refractivity contribution < 1.29 is 14.3 Å². The molecule has 0 saturated carbocycles. The highest BCUT2D eigenvalue weighted by atomic mass is 79.9. The maximum absolute atomic E-state index is 12.4. The van der Waals surface area contributed by atoms with Crippen molar-refractivity contribution in [3.8, 4) is 23.0 Å². The van der Waals surface area contributed by atoms with Crippen LogP contribution < -0.4 is 20.5 Å². The quantitative estimate of drug-likeness (QED) is 0.458. The lowest BCUT2D eigenvalue weighted by Crippen LogP contribution is -2.47. The number of ether oxygens (including phenoxy) is 2. The monoisotopic (exact) mass is 561 g/mol. The highest BCUT2D eigenvalue weighted by molar-refractivity contribution is 9.10. The number of imidazole rings is 1. The number of aryl methyl sites for hydroxylation is 1. The Labute approximate surface area is 216 Å². The van der Waals surface area contributed by atoms with Crippen LogP contribution in [0.2, 0.25) is 0 Å². The van der Waals surface area contributed by atoms with Crippen molar-refractivity contribution in [2.75, 3.05) is 25.6 Å². The molecule has 186 valence electrons. The van der Waals surface area contributed by atoms with Crippen LogP contribution in [0, 0.1) is 5.92 Å². The van der Waals surface area contributed by atoms with Crippen molar-refractivity contribution in [3.05, 3.63) is 22.9 Å². The second-order valence-corrected chi connectivity index (χ2v) is 11.0. The average Bonchev–Trinajstić information content (AvgIpc) is 3.46. The fourth-order valence-electron chi connectivity index (χ4n) is 4.36. The lowest BCUT2D eigenvalue weighted by atomic mass is 9.95. The molecule has 0 bridgehead atoms. The van der Waals surface area contributed by atoms with Gasteiger partial charge in [0.1, 0.15) is 0 Å². The van der Waals surface area contributed by atoms with Gasteiger partial charge in [-0.2, -0.15) is 0 Å². The van der Waals surface area contributed by atoms with Crippen LogP contribution in [0.25, 0.3) is 11.5 Å². The number of nitrogens with zero attached hydrogens (tertiary/aromatic N) is 5. The molecule has 10 nitrogen and oxygen atoms in total. The van der Waals surface area contributed by atoms with Crippen LogP contribution in [0.15, 0.2) is 33.0 Å². The van der Waals surface area contributed by atoms with Crippen LogP contribution >= 0.6 is 27.7 Å². The first-order valence-electron chi connectivity index (χ1n) is 11.7. The molecular formula is C23H28BrN7O3S. The fraction of sp³-hybridized carbons (Fsp3) is 0.478. The molecule has 2 amide bonds. The lowest BCUT2D eigenvalue weighted by molar-refractivity contribution is 0.158. The summed E-state index contributed by atoms with van der Waals surface area (Å²) >= 11 is 5.02. The number of piperidine rings is 1. The average molecular weight is 562 g/mol. The van der Waals surface area contributed by atoms with Gasteiger partial charge in [-0.15, -0.1) is 0 Å². The normalized spacial score (nSPS) is 17.4. The number of aromatic nitrogens is 4. The zero-order chi connectivity index (χ0) is 24.5. The molecule has 0 radical (unpaired) electrons. The Bertz CT molecular complexity index is 1200. The van der Waals surface area contributed by atoms with E-state index in [0.29, 0.717) is 39.9 Å². The van der Waals surface area contributed by atoms with Crippen molar-refractivity contribution in [2.24, 2.45) is 5.92 Å². The van der Waals surface area contributed by atoms with Gasteiger partial charge in [0.05, 0.1) is 6.33 Å². The van der Waals surface area contributed by atoms with Crippen LogP contribution in [0.5, 0.6) is 11.5 Å². The summed E-state index contributed by atoms with van der Waals surface area (Å²) in [6.07, 6.45) is 4.75. The molecule has 0 aromatic heterocycles. The first-order valence-corrected chi connectivity index (χ1v) is 13.3. The van der Waals surface area contributed by atoms with Crippen molar-refractivity contribution >= 4 is 39.5 Å². The number of likely N-dealkylation sites (tertiary alicyclic amines) is 1. The molecule has 1 aromatic rings. The number of nitrogen functional groups attached to an aromatic ring is 1. The van der Waals surface area contributed by atoms with Gasteiger partial charge < -0.3 is 30.0 Å². The third kappa shape index (κ3) is 5.27. The van der Waals surface area contributed by atoms with E-state index in [4.69, 9.17) is 20.2 Å². The van der Waals surface area contributed by atoms with Crippen molar-refractivity contribution in [2.45, 2.75) is 55.7 Å². The summed E-state index contributed by atoms with van der Waals surface area (Å²) in [6.45, 7) is 6.47. The molecule has 1 atom stereocenters. The number of benzene rings is 1. The maximum atomic E-state index is 12.4. The summed E-state index contributed by atoms with van der Waals surface area (Å²) in [4.78, 5) is 29.0. The Kier molecular flexibility index (Phi) is 6.92. The molecule has 4 aliphatic rings. The Morgan fingerprint density at radius 1 is 1.31 bits per heavy atom. The van der Waals surface area contributed by atoms with Crippen molar-refractivity contribution in [3.63, 3.8) is 0 Å². The number of rotatable bonds is 6. The predicted octanol–water partition coefficient (Wildman–Crippen LogP) is 4.22. The number of hydrogen-bond donors (Lipinski definition) is 2. The van der Waals surface area contributed by atoms with Crippen LogP contribution in [0.1, 0.15) is 33.1 Å². The van der Waals surface area contributed by atoms with Crippen LogP contribution in [0.4, 0.5) is 10.6 Å². The van der Waals surface area contributed by atoms with E-state index in [-0.39, 0.29) is 18.9 Å². The summed E-state index contributed by atoms with van der Waals surface area (Å²) in [5, 5.41) is 3.58. The second kappa shape index (κ2) is 10.1. The number of fused-ring (bicyclic) bond motifs is 2. The first-order chi connectivity index (χ1) is 16.9. The highest BCUT2D eigenvalue weighted by Gasteiger charge is 2.26. The number of urea groups is 1. The van der Waals surface area contributed by atoms with Crippen molar-refractivity contribution in [1.82, 2.24) is 29.7 Å². The third-order valence-electron chi connectivity index (χ3n) is 6.10. The SMILES string of the molecule is CC(C)NC(=O)N1CCCC(CCn2cnc(N)c3nc(Sc4cc5c(cc4Br)OCO5)nc2-3)C1. The van der Waals surface area contributed by atoms with Gasteiger partial charge in [0, 0.05) is 35.0 Å². The van der Waals surface area contributed by atoms with E-state index in [2.05, 4.69) is 31.2 Å². The second-order valence-electron chi connectivity index (χ2n) is 9.09. The van der Waals surface area contributed by atoms with Gasteiger partial charge in [-0.1, -0.05) is 0 Å². The standard InChI is InChI=1S/C23H28BrN7O3S/c1-13(2)27-23(32)30-6-3-4-14(10-30)5-7-31-11-26-20(25)19-21(31)29-22(28-19)35-18-9-17-16(8-15(18)24)33-12-34-17/h8-9,11,13-14H,3-7,10,12,25H2,1-2H3,(H,27,32). The molecule has 0 spiro atoms. The van der Waals surface area contributed by atoms with Gasteiger partial charge in [0.25, 0.3) is 0 Å². The van der Waals surface area contributed by atoms with Gasteiger partial charge in [-0.3, -0.25) is 0 Å². The molecule has 1 saturated heterocycles. The summed E-state index contributed by atoms with van der Waals surface area (Å²) in [6, 6.07) is 3.96. The summed E-state index contributed by atoms with van der Waals surface area (Å²) in [7, 11) is 0. The molecule has 3 N–H and O–H groups in total. The zero-order valence-electron chi connectivity index (χ0n) is 19.7. The minimum atomic E-state index is 0.0205. The van der Waals surface area contributed by atoms with E-state index in [1.54, 1.807) is 6.33 Å². The van der Waals surface area contributed by atoms with Gasteiger partial charge in [-0.25, -0.2) is 19.7 Å². The molecule has 1 aromatic carbocycles. The third-order valence-corrected chi connectivity index (χ3v) is 7.94. The summed E-state index contributed by atoms with van der Waals surface area (Å²) < 4.78 is 13.8. The Morgan fingerprint density at radius 2 is 2.11 bits per heavy atom. The highest BCUT2D eigenvalue weighted by Crippen LogP contribution is 2.43. The maximum Gasteiger partial charge on any atom is 0.317 e. The smallest absolute Gasteiger partial charge is 0.317 e. The largest absolute Gasteiger partial charge is 0.454 e.